The van der Waals surface area contributed by atoms with Gasteiger partial charge in [0.1, 0.15) is 37.6 Å². The molecule has 12 heteroatoms. The largest absolute Gasteiger partial charge is 0.462 e. The van der Waals surface area contributed by atoms with Gasteiger partial charge in [-0.1, -0.05) is 20.8 Å². The third-order valence-corrected chi connectivity index (χ3v) is 3.94. The van der Waals surface area contributed by atoms with Crippen LogP contribution in [0, 0.1) is 0 Å². The minimum atomic E-state index is -1.79. The molecule has 0 aromatic carbocycles. The van der Waals surface area contributed by atoms with Crippen molar-refractivity contribution in [3.63, 3.8) is 0 Å². The van der Waals surface area contributed by atoms with Gasteiger partial charge in [-0.05, 0) is 19.3 Å². The van der Waals surface area contributed by atoms with Crippen molar-refractivity contribution >= 4 is 24.2 Å². The molecule has 4 atom stereocenters. The van der Waals surface area contributed by atoms with Crippen LogP contribution in [-0.4, -0.2) is 100 Å². The summed E-state index contributed by atoms with van der Waals surface area (Å²) in [5.74, 6) is -1.09. The SMILES string of the molecule is CCCC(=O)OCC(COC(=O)CCC)OC(=O)CCC.O=C[C@H](O)[C@@H](O)[C@H](O)[C@H](O)CO. The third-order valence-electron chi connectivity index (χ3n) is 3.94. The second-order valence-electron chi connectivity index (χ2n) is 7.09. The number of esters is 3. The molecule has 0 unspecified atom stereocenters. The normalized spacial score (nSPS) is 14.2. The lowest BCUT2D eigenvalue weighted by Gasteiger charge is -2.22. The second-order valence-corrected chi connectivity index (χ2v) is 7.09. The Balaban J connectivity index is 0. The first-order valence-electron chi connectivity index (χ1n) is 10.9. The molecule has 0 saturated carbocycles. The molecule has 0 aliphatic rings. The fourth-order valence-corrected chi connectivity index (χ4v) is 2.11. The zero-order valence-electron chi connectivity index (χ0n) is 19.4. The van der Waals surface area contributed by atoms with Crippen molar-refractivity contribution in [2.75, 3.05) is 19.8 Å². The van der Waals surface area contributed by atoms with Gasteiger partial charge in [0.05, 0.1) is 6.61 Å². The van der Waals surface area contributed by atoms with Crippen LogP contribution in [0.25, 0.3) is 0 Å². The Kier molecular flexibility index (Phi) is 20.5. The molecule has 0 aliphatic carbocycles. The zero-order valence-corrected chi connectivity index (χ0v) is 19.4. The number of aliphatic hydroxyl groups is 5. The van der Waals surface area contributed by atoms with E-state index in [0.29, 0.717) is 32.1 Å². The van der Waals surface area contributed by atoms with Crippen LogP contribution in [-0.2, 0) is 33.4 Å². The average molecular weight is 483 g/mol. The lowest BCUT2D eigenvalue weighted by molar-refractivity contribution is -0.166. The monoisotopic (exact) mass is 482 g/mol. The van der Waals surface area contributed by atoms with Gasteiger partial charge in [-0.2, -0.15) is 0 Å². The first-order valence-corrected chi connectivity index (χ1v) is 10.9. The van der Waals surface area contributed by atoms with Gasteiger partial charge in [-0.15, -0.1) is 0 Å². The summed E-state index contributed by atoms with van der Waals surface area (Å²) in [5, 5.41) is 43.5. The summed E-state index contributed by atoms with van der Waals surface area (Å²) in [6, 6.07) is 0. The molecule has 0 radical (unpaired) electrons. The fraction of sp³-hybridized carbons (Fsp3) is 0.810. The second kappa shape index (κ2) is 20.5. The molecule has 5 N–H and O–H groups in total. The number of aliphatic hydroxyl groups excluding tert-OH is 5. The van der Waals surface area contributed by atoms with Crippen molar-refractivity contribution < 1.29 is 58.9 Å². The summed E-state index contributed by atoms with van der Waals surface area (Å²) in [5.41, 5.74) is 0. The van der Waals surface area contributed by atoms with Gasteiger partial charge >= 0.3 is 17.9 Å². The topological polar surface area (TPSA) is 197 Å². The highest BCUT2D eigenvalue weighted by molar-refractivity contribution is 5.71. The van der Waals surface area contributed by atoms with Crippen LogP contribution in [0.2, 0.25) is 0 Å². The van der Waals surface area contributed by atoms with Crippen molar-refractivity contribution in [1.82, 2.24) is 0 Å². The van der Waals surface area contributed by atoms with E-state index < -0.39 is 37.1 Å². The van der Waals surface area contributed by atoms with Crippen LogP contribution < -0.4 is 0 Å². The Hall–Kier alpha value is -2.12. The minimum Gasteiger partial charge on any atom is -0.462 e. The molecule has 0 saturated heterocycles. The molecule has 194 valence electrons. The summed E-state index contributed by atoms with van der Waals surface area (Å²) < 4.78 is 15.2. The summed E-state index contributed by atoms with van der Waals surface area (Å²) in [7, 11) is 0. The average Bonchev–Trinajstić information content (AvgIpc) is 2.79. The summed E-state index contributed by atoms with van der Waals surface area (Å²) in [4.78, 5) is 44.0. The molecular weight excluding hydrogens is 444 g/mol. The molecule has 0 rings (SSSR count). The van der Waals surface area contributed by atoms with Crippen molar-refractivity contribution in [3.8, 4) is 0 Å². The lowest BCUT2D eigenvalue weighted by atomic mass is 10.0. The van der Waals surface area contributed by atoms with Crippen LogP contribution in [0.1, 0.15) is 59.3 Å². The Labute approximate surface area is 193 Å². The van der Waals surface area contributed by atoms with Crippen LogP contribution >= 0.6 is 0 Å². The minimum absolute atomic E-state index is 0.0258. The Morgan fingerprint density at radius 2 is 1.18 bits per heavy atom. The maximum absolute atomic E-state index is 11.5. The van der Waals surface area contributed by atoms with Crippen LogP contribution in [0.15, 0.2) is 0 Å². The molecule has 0 fully saturated rings. The molecule has 0 amide bonds. The molecule has 12 nitrogen and oxygen atoms in total. The Bertz CT molecular complexity index is 531. The van der Waals surface area contributed by atoms with E-state index in [2.05, 4.69) is 0 Å². The Morgan fingerprint density at radius 3 is 1.55 bits per heavy atom. The smallest absolute Gasteiger partial charge is 0.306 e. The number of carbonyl (C=O) groups excluding carboxylic acids is 4. The molecule has 33 heavy (non-hydrogen) atoms. The predicted octanol–water partition coefficient (Wildman–Crippen LogP) is -0.994. The maximum atomic E-state index is 11.5. The first kappa shape index (κ1) is 33.1. The highest BCUT2D eigenvalue weighted by Crippen LogP contribution is 2.04. The van der Waals surface area contributed by atoms with Crippen LogP contribution in [0.3, 0.4) is 0 Å². The number of carbonyl (C=O) groups is 4. The van der Waals surface area contributed by atoms with Gasteiger partial charge in [-0.3, -0.25) is 14.4 Å². The number of ether oxygens (including phenoxy) is 3. The Morgan fingerprint density at radius 1 is 0.758 bits per heavy atom. The maximum Gasteiger partial charge on any atom is 0.306 e. The van der Waals surface area contributed by atoms with Crippen molar-refractivity contribution in [2.45, 2.75) is 89.8 Å². The summed E-state index contributed by atoms with van der Waals surface area (Å²) in [6.07, 6.45) is -4.65. The first-order chi connectivity index (χ1) is 15.6. The number of hydrogen-bond donors (Lipinski definition) is 5. The van der Waals surface area contributed by atoms with E-state index in [1.54, 1.807) is 0 Å². The quantitative estimate of drug-likeness (QED) is 0.102. The molecule has 0 spiro atoms. The zero-order chi connectivity index (χ0) is 25.8. The molecule has 0 aliphatic heterocycles. The van der Waals surface area contributed by atoms with Crippen molar-refractivity contribution in [3.05, 3.63) is 0 Å². The van der Waals surface area contributed by atoms with Gasteiger partial charge in [-0.25, -0.2) is 0 Å². The summed E-state index contributed by atoms with van der Waals surface area (Å²) in [6.45, 7) is 4.66. The highest BCUT2D eigenvalue weighted by Gasteiger charge is 2.29. The van der Waals surface area contributed by atoms with Gasteiger partial charge in [0.2, 0.25) is 0 Å². The number of hydrogen-bond acceptors (Lipinski definition) is 12. The van der Waals surface area contributed by atoms with Crippen LogP contribution in [0.4, 0.5) is 0 Å². The number of rotatable bonds is 16. The van der Waals surface area contributed by atoms with Gasteiger partial charge in [0.15, 0.2) is 12.4 Å². The third kappa shape index (κ3) is 17.1. The highest BCUT2D eigenvalue weighted by atomic mass is 16.6. The van der Waals surface area contributed by atoms with E-state index in [1.165, 1.54) is 0 Å². The van der Waals surface area contributed by atoms with E-state index in [-0.39, 0.29) is 43.8 Å². The predicted molar refractivity (Wildman–Crippen MR) is 114 cm³/mol. The molecule has 0 aromatic heterocycles. The standard InChI is InChI=1S/C15H26O6.C6H12O6/c1-4-7-13(16)19-10-12(21-15(18)9-6-3)11-20-14(17)8-5-2;7-1-3(9)5(11)6(12)4(10)2-8/h12H,4-11H2,1-3H3;1,3-6,8-12H,2H2/t;3-,4+,5+,6+/m.0/s1. The van der Waals surface area contributed by atoms with E-state index in [4.69, 9.17) is 39.7 Å². The van der Waals surface area contributed by atoms with Crippen molar-refractivity contribution in [2.24, 2.45) is 0 Å². The van der Waals surface area contributed by atoms with E-state index in [0.717, 1.165) is 0 Å². The van der Waals surface area contributed by atoms with Gasteiger partial charge in [0, 0.05) is 19.3 Å². The molecule has 0 aromatic rings. The van der Waals surface area contributed by atoms with E-state index >= 15 is 0 Å². The molecular formula is C21H38O12. The number of aldehydes is 1. The van der Waals surface area contributed by atoms with E-state index in [9.17, 15) is 19.2 Å². The van der Waals surface area contributed by atoms with Crippen molar-refractivity contribution in [1.29, 1.82) is 0 Å². The fourth-order valence-electron chi connectivity index (χ4n) is 2.11. The summed E-state index contributed by atoms with van der Waals surface area (Å²) >= 11 is 0. The van der Waals surface area contributed by atoms with E-state index in [1.807, 2.05) is 20.8 Å². The van der Waals surface area contributed by atoms with Gasteiger partial charge < -0.3 is 44.5 Å². The van der Waals surface area contributed by atoms with Gasteiger partial charge in [0.25, 0.3) is 0 Å². The molecule has 0 heterocycles. The lowest BCUT2D eigenvalue weighted by Crippen LogP contribution is -2.46. The molecule has 0 bridgehead atoms. The van der Waals surface area contributed by atoms with Crippen LogP contribution in [0.5, 0.6) is 0 Å².